The van der Waals surface area contributed by atoms with E-state index in [0.29, 0.717) is 12.3 Å². The molecule has 0 radical (unpaired) electrons. The van der Waals surface area contributed by atoms with Gasteiger partial charge in [-0.2, -0.15) is 0 Å². The van der Waals surface area contributed by atoms with Crippen molar-refractivity contribution in [3.63, 3.8) is 0 Å². The molecule has 1 fully saturated rings. The van der Waals surface area contributed by atoms with Gasteiger partial charge in [-0.05, 0) is 43.7 Å². The first kappa shape index (κ1) is 18.5. The quantitative estimate of drug-likeness (QED) is 0.744. The topological polar surface area (TPSA) is 77.5 Å². The Morgan fingerprint density at radius 1 is 1.38 bits per heavy atom. The van der Waals surface area contributed by atoms with Crippen molar-refractivity contribution in [3.05, 3.63) is 23.9 Å². The van der Waals surface area contributed by atoms with Gasteiger partial charge in [-0.25, -0.2) is 9.78 Å². The fourth-order valence-electron chi connectivity index (χ4n) is 3.01. The van der Waals surface area contributed by atoms with Gasteiger partial charge < -0.3 is 20.6 Å². The van der Waals surface area contributed by atoms with E-state index in [0.717, 1.165) is 37.3 Å². The molecule has 1 unspecified atom stereocenters. The van der Waals surface area contributed by atoms with Crippen LogP contribution in [0.4, 0.5) is 10.6 Å². The number of anilines is 1. The Morgan fingerprint density at radius 2 is 2.08 bits per heavy atom. The van der Waals surface area contributed by atoms with E-state index in [4.69, 9.17) is 5.11 Å². The van der Waals surface area contributed by atoms with Crippen LogP contribution in [0.3, 0.4) is 0 Å². The van der Waals surface area contributed by atoms with Crippen LogP contribution in [0.25, 0.3) is 0 Å². The number of hydrogen-bond acceptors (Lipinski definition) is 4. The second-order valence-electron chi connectivity index (χ2n) is 6.94. The Hall–Kier alpha value is -1.82. The zero-order chi connectivity index (χ0) is 17.5. The number of aryl methyl sites for hydroxylation is 1. The third-order valence-corrected chi connectivity index (χ3v) is 4.61. The molecule has 0 aliphatic carbocycles. The summed E-state index contributed by atoms with van der Waals surface area (Å²) in [7, 11) is 0. The lowest BCUT2D eigenvalue weighted by molar-refractivity contribution is 0.214. The van der Waals surface area contributed by atoms with Gasteiger partial charge in [0.05, 0.1) is 0 Å². The third kappa shape index (κ3) is 5.37. The van der Waals surface area contributed by atoms with Crippen molar-refractivity contribution in [2.24, 2.45) is 5.92 Å². The second kappa shape index (κ2) is 8.87. The summed E-state index contributed by atoms with van der Waals surface area (Å²) in [4.78, 5) is 18.9. The van der Waals surface area contributed by atoms with Gasteiger partial charge in [0.25, 0.3) is 0 Å². The van der Waals surface area contributed by atoms with Crippen LogP contribution in [0.15, 0.2) is 18.3 Å². The molecule has 1 aliphatic heterocycles. The Morgan fingerprint density at radius 3 is 2.62 bits per heavy atom. The molecular formula is C18H30N4O2. The molecule has 1 saturated heterocycles. The molecule has 2 amide bonds. The van der Waals surface area contributed by atoms with Crippen LogP contribution in [0, 0.1) is 12.8 Å². The van der Waals surface area contributed by atoms with E-state index >= 15 is 0 Å². The highest BCUT2D eigenvalue weighted by atomic mass is 16.3. The number of nitrogens with one attached hydrogen (secondary N) is 2. The Bertz CT molecular complexity index is 510. The Balaban J connectivity index is 1.78. The lowest BCUT2D eigenvalue weighted by atomic mass is 10.0. The predicted molar refractivity (Wildman–Crippen MR) is 96.2 cm³/mol. The number of nitrogens with zero attached hydrogens (tertiary/aromatic N) is 2. The number of rotatable bonds is 6. The van der Waals surface area contributed by atoms with Crippen molar-refractivity contribution < 1.29 is 9.90 Å². The molecule has 3 N–H and O–H groups in total. The van der Waals surface area contributed by atoms with Crippen LogP contribution in [-0.2, 0) is 0 Å². The number of urea groups is 1. The first-order valence-electron chi connectivity index (χ1n) is 8.85. The number of pyridine rings is 1. The summed E-state index contributed by atoms with van der Waals surface area (Å²) in [6, 6.07) is 4.19. The molecule has 6 nitrogen and oxygen atoms in total. The molecule has 2 rings (SSSR count). The zero-order valence-electron chi connectivity index (χ0n) is 15.0. The molecule has 134 valence electrons. The molecule has 0 spiro atoms. The number of carbonyl (C=O) groups is 1. The summed E-state index contributed by atoms with van der Waals surface area (Å²) in [5.74, 6) is 1.31. The first-order chi connectivity index (χ1) is 11.5. The van der Waals surface area contributed by atoms with Gasteiger partial charge in [-0.3, -0.25) is 0 Å². The molecule has 0 saturated carbocycles. The maximum Gasteiger partial charge on any atom is 0.315 e. The van der Waals surface area contributed by atoms with Gasteiger partial charge >= 0.3 is 6.03 Å². The first-order valence-corrected chi connectivity index (χ1v) is 8.85. The summed E-state index contributed by atoms with van der Waals surface area (Å²) in [6.07, 6.45) is 4.30. The molecular weight excluding hydrogens is 304 g/mol. The number of aromatic nitrogens is 1. The van der Waals surface area contributed by atoms with Crippen molar-refractivity contribution in [1.29, 1.82) is 0 Å². The normalized spacial score (nSPS) is 17.0. The van der Waals surface area contributed by atoms with E-state index in [2.05, 4.69) is 32.7 Å². The number of aliphatic hydroxyl groups excluding tert-OH is 1. The summed E-state index contributed by atoms with van der Waals surface area (Å²) in [5, 5.41) is 15.1. The number of hydrogen-bond donors (Lipinski definition) is 3. The minimum Gasteiger partial charge on any atom is -0.396 e. The van der Waals surface area contributed by atoms with Crippen LogP contribution in [0.5, 0.6) is 0 Å². The number of piperidine rings is 1. The van der Waals surface area contributed by atoms with Gasteiger partial charge in [0.15, 0.2) is 0 Å². The van der Waals surface area contributed by atoms with E-state index < -0.39 is 0 Å². The molecule has 6 heteroatoms. The number of amides is 2. The van der Waals surface area contributed by atoms with Gasteiger partial charge in [-0.15, -0.1) is 0 Å². The monoisotopic (exact) mass is 334 g/mol. The molecule has 1 aromatic rings. The van der Waals surface area contributed by atoms with Crippen LogP contribution < -0.4 is 15.5 Å². The highest BCUT2D eigenvalue weighted by Crippen LogP contribution is 2.18. The van der Waals surface area contributed by atoms with E-state index in [1.165, 1.54) is 0 Å². The fraction of sp³-hybridized carbons (Fsp3) is 0.667. The highest BCUT2D eigenvalue weighted by Gasteiger charge is 2.23. The Labute approximate surface area is 144 Å². The SMILES string of the molecule is Cc1ccc(N2CCC(NC(=O)NC(CCO)C(C)C)CC2)nc1. The van der Waals surface area contributed by atoms with Gasteiger partial charge in [0.2, 0.25) is 0 Å². The van der Waals surface area contributed by atoms with Crippen LogP contribution >= 0.6 is 0 Å². The zero-order valence-corrected chi connectivity index (χ0v) is 15.0. The highest BCUT2D eigenvalue weighted by molar-refractivity contribution is 5.74. The second-order valence-corrected chi connectivity index (χ2v) is 6.94. The lowest BCUT2D eigenvalue weighted by Gasteiger charge is -2.33. The smallest absolute Gasteiger partial charge is 0.315 e. The average molecular weight is 334 g/mol. The van der Waals surface area contributed by atoms with Crippen molar-refractivity contribution in [2.75, 3.05) is 24.6 Å². The lowest BCUT2D eigenvalue weighted by Crippen LogP contribution is -2.51. The van der Waals surface area contributed by atoms with Crippen molar-refractivity contribution >= 4 is 11.8 Å². The van der Waals surface area contributed by atoms with Crippen LogP contribution in [-0.4, -0.2) is 47.9 Å². The maximum atomic E-state index is 12.2. The molecule has 1 atom stereocenters. The predicted octanol–water partition coefficient (Wildman–Crippen LogP) is 2.07. The molecule has 0 aromatic carbocycles. The van der Waals surface area contributed by atoms with Crippen LogP contribution in [0.1, 0.15) is 38.7 Å². The molecule has 1 aromatic heterocycles. The van der Waals surface area contributed by atoms with E-state index in [1.54, 1.807) is 0 Å². The average Bonchev–Trinajstić information content (AvgIpc) is 2.56. The summed E-state index contributed by atoms with van der Waals surface area (Å²) in [6.45, 7) is 8.01. The number of carbonyl (C=O) groups excluding carboxylic acids is 1. The minimum atomic E-state index is -0.130. The Kier molecular flexibility index (Phi) is 6.85. The van der Waals surface area contributed by atoms with Gasteiger partial charge in [0, 0.05) is 38.0 Å². The van der Waals surface area contributed by atoms with E-state index in [9.17, 15) is 4.79 Å². The van der Waals surface area contributed by atoms with E-state index in [1.807, 2.05) is 27.0 Å². The molecule has 2 heterocycles. The fourth-order valence-corrected chi connectivity index (χ4v) is 3.01. The van der Waals surface area contributed by atoms with Crippen molar-refractivity contribution in [2.45, 2.75) is 52.1 Å². The van der Waals surface area contributed by atoms with Gasteiger partial charge in [0.1, 0.15) is 5.82 Å². The molecule has 1 aliphatic rings. The van der Waals surface area contributed by atoms with Crippen molar-refractivity contribution in [3.8, 4) is 0 Å². The number of aliphatic hydroxyl groups is 1. The van der Waals surface area contributed by atoms with Crippen molar-refractivity contribution in [1.82, 2.24) is 15.6 Å². The summed E-state index contributed by atoms with van der Waals surface area (Å²) in [5.41, 5.74) is 1.16. The van der Waals surface area contributed by atoms with Gasteiger partial charge in [-0.1, -0.05) is 19.9 Å². The standard InChI is InChI=1S/C18H30N4O2/c1-13(2)16(8-11-23)21-18(24)20-15-6-9-22(10-7-15)17-5-4-14(3)12-19-17/h4-5,12-13,15-16,23H,6-11H2,1-3H3,(H2,20,21,24). The minimum absolute atomic E-state index is 0.00634. The largest absolute Gasteiger partial charge is 0.396 e. The molecule has 0 bridgehead atoms. The van der Waals surface area contributed by atoms with Crippen LogP contribution in [0.2, 0.25) is 0 Å². The molecule has 24 heavy (non-hydrogen) atoms. The summed E-state index contributed by atoms with van der Waals surface area (Å²) < 4.78 is 0. The third-order valence-electron chi connectivity index (χ3n) is 4.61. The van der Waals surface area contributed by atoms with E-state index in [-0.39, 0.29) is 24.7 Å². The summed E-state index contributed by atoms with van der Waals surface area (Å²) >= 11 is 0. The maximum absolute atomic E-state index is 12.2.